The highest BCUT2D eigenvalue weighted by atomic mass is 16.5. The number of esters is 1. The largest absolute Gasteiger partial charge is 0.452 e. The average molecular weight is 321 g/mol. The van der Waals surface area contributed by atoms with Crippen molar-refractivity contribution < 1.29 is 23.9 Å². The van der Waals surface area contributed by atoms with Crippen LogP contribution in [0, 0.1) is 0 Å². The van der Waals surface area contributed by atoms with Gasteiger partial charge in [-0.2, -0.15) is 0 Å². The molecule has 0 bridgehead atoms. The van der Waals surface area contributed by atoms with Crippen LogP contribution < -0.4 is 10.6 Å². The minimum absolute atomic E-state index is 0.103. The molecule has 124 valence electrons. The molecular weight excluding hydrogens is 302 g/mol. The lowest BCUT2D eigenvalue weighted by molar-refractivity contribution is -0.132. The molecule has 0 fully saturated rings. The van der Waals surface area contributed by atoms with E-state index in [9.17, 15) is 19.2 Å². The Morgan fingerprint density at radius 3 is 1.83 bits per heavy atom. The van der Waals surface area contributed by atoms with Crippen LogP contribution in [0.2, 0.25) is 0 Å². The Bertz CT molecular complexity index is 606. The Morgan fingerprint density at radius 1 is 0.957 bits per heavy atom. The number of carbonyl (C=O) groups excluding carboxylic acids is 4. The van der Waals surface area contributed by atoms with Crippen molar-refractivity contribution in [3.8, 4) is 0 Å². The summed E-state index contributed by atoms with van der Waals surface area (Å²) in [5.74, 6) is -1.75. The minimum atomic E-state index is -0.737. The molecule has 1 rings (SSSR count). The van der Waals surface area contributed by atoms with E-state index in [1.54, 1.807) is 14.1 Å². The first-order valence-corrected chi connectivity index (χ1v) is 6.76. The summed E-state index contributed by atoms with van der Waals surface area (Å²) >= 11 is 0. The lowest BCUT2D eigenvalue weighted by atomic mass is 10.1. The molecule has 0 saturated heterocycles. The van der Waals surface area contributed by atoms with Crippen molar-refractivity contribution in [1.82, 2.24) is 4.90 Å². The maximum atomic E-state index is 12.0. The molecule has 8 nitrogen and oxygen atoms in total. The van der Waals surface area contributed by atoms with Crippen molar-refractivity contribution in [3.05, 3.63) is 23.8 Å². The number of nitrogens with one attached hydrogen (secondary N) is 2. The fraction of sp³-hybridized carbons (Fsp3) is 0.333. The van der Waals surface area contributed by atoms with Crippen molar-refractivity contribution in [2.24, 2.45) is 0 Å². The minimum Gasteiger partial charge on any atom is -0.452 e. The van der Waals surface area contributed by atoms with Crippen LogP contribution in [0.15, 0.2) is 18.2 Å². The molecule has 0 unspecified atom stereocenters. The number of rotatable bonds is 5. The summed E-state index contributed by atoms with van der Waals surface area (Å²) in [6.45, 7) is 2.24. The van der Waals surface area contributed by atoms with Crippen LogP contribution >= 0.6 is 0 Å². The van der Waals surface area contributed by atoms with Crippen molar-refractivity contribution in [3.63, 3.8) is 0 Å². The van der Waals surface area contributed by atoms with E-state index >= 15 is 0 Å². The molecule has 23 heavy (non-hydrogen) atoms. The van der Waals surface area contributed by atoms with Crippen LogP contribution in [0.1, 0.15) is 24.2 Å². The van der Waals surface area contributed by atoms with Gasteiger partial charge in [-0.25, -0.2) is 4.79 Å². The molecular formula is C15H19N3O5. The van der Waals surface area contributed by atoms with E-state index < -0.39 is 12.6 Å². The Balaban J connectivity index is 2.98. The van der Waals surface area contributed by atoms with Gasteiger partial charge in [-0.15, -0.1) is 0 Å². The number of hydrogen-bond donors (Lipinski definition) is 2. The summed E-state index contributed by atoms with van der Waals surface area (Å²) in [5.41, 5.74) is 0.760. The molecule has 0 aromatic heterocycles. The van der Waals surface area contributed by atoms with Crippen molar-refractivity contribution in [2.75, 3.05) is 31.3 Å². The highest BCUT2D eigenvalue weighted by Crippen LogP contribution is 2.20. The number of nitrogens with zero attached hydrogens (tertiary/aromatic N) is 1. The Labute approximate surface area is 133 Å². The number of ether oxygens (including phenoxy) is 1. The Morgan fingerprint density at radius 2 is 1.43 bits per heavy atom. The fourth-order valence-electron chi connectivity index (χ4n) is 1.64. The zero-order valence-electron chi connectivity index (χ0n) is 13.4. The van der Waals surface area contributed by atoms with Crippen LogP contribution in [-0.2, 0) is 19.1 Å². The molecule has 0 spiro atoms. The SMILES string of the molecule is CC(=O)Nc1cc(NC(C)=O)cc(C(=O)OCC(=O)N(C)C)c1. The summed E-state index contributed by atoms with van der Waals surface area (Å²) in [7, 11) is 3.09. The molecule has 8 heteroatoms. The molecule has 0 atom stereocenters. The van der Waals surface area contributed by atoms with Crippen LogP contribution in [0.4, 0.5) is 11.4 Å². The number of anilines is 2. The topological polar surface area (TPSA) is 105 Å². The van der Waals surface area contributed by atoms with Gasteiger partial charge >= 0.3 is 5.97 Å². The van der Waals surface area contributed by atoms with Gasteiger partial charge in [0.15, 0.2) is 6.61 Å². The second-order valence-electron chi connectivity index (χ2n) is 5.03. The maximum Gasteiger partial charge on any atom is 0.338 e. The van der Waals surface area contributed by atoms with Gasteiger partial charge in [0, 0.05) is 39.3 Å². The van der Waals surface area contributed by atoms with Gasteiger partial charge in [0.2, 0.25) is 11.8 Å². The molecule has 1 aromatic rings. The molecule has 0 aliphatic heterocycles. The molecule has 0 aliphatic carbocycles. The van der Waals surface area contributed by atoms with Crippen LogP contribution in [0.3, 0.4) is 0 Å². The van der Waals surface area contributed by atoms with Gasteiger partial charge in [-0.05, 0) is 18.2 Å². The number of carbonyl (C=O) groups is 4. The lowest BCUT2D eigenvalue weighted by Gasteiger charge is -2.12. The normalized spacial score (nSPS) is 9.74. The molecule has 3 amide bonds. The van der Waals surface area contributed by atoms with Crippen molar-refractivity contribution >= 4 is 35.1 Å². The Hall–Kier alpha value is -2.90. The lowest BCUT2D eigenvalue weighted by Crippen LogP contribution is -2.27. The van der Waals surface area contributed by atoms with E-state index in [1.807, 2.05) is 0 Å². The van der Waals surface area contributed by atoms with E-state index in [2.05, 4.69) is 10.6 Å². The molecule has 2 N–H and O–H groups in total. The van der Waals surface area contributed by atoms with E-state index in [0.29, 0.717) is 11.4 Å². The number of amides is 3. The first kappa shape index (κ1) is 18.1. The van der Waals surface area contributed by atoms with Crippen LogP contribution in [0.25, 0.3) is 0 Å². The summed E-state index contributed by atoms with van der Waals surface area (Å²) in [6.07, 6.45) is 0. The predicted molar refractivity (Wildman–Crippen MR) is 84.0 cm³/mol. The molecule has 0 heterocycles. The quantitative estimate of drug-likeness (QED) is 0.782. The number of benzene rings is 1. The molecule has 0 aliphatic rings. The zero-order valence-corrected chi connectivity index (χ0v) is 13.4. The van der Waals surface area contributed by atoms with Gasteiger partial charge in [0.25, 0.3) is 5.91 Å². The van der Waals surface area contributed by atoms with Gasteiger partial charge in [-0.1, -0.05) is 0 Å². The van der Waals surface area contributed by atoms with Crippen molar-refractivity contribution in [1.29, 1.82) is 0 Å². The van der Waals surface area contributed by atoms with E-state index in [0.717, 1.165) is 0 Å². The fourth-order valence-corrected chi connectivity index (χ4v) is 1.64. The zero-order chi connectivity index (χ0) is 17.6. The van der Waals surface area contributed by atoms with Crippen LogP contribution in [0.5, 0.6) is 0 Å². The summed E-state index contributed by atoms with van der Waals surface area (Å²) in [5, 5.41) is 5.05. The van der Waals surface area contributed by atoms with Gasteiger partial charge in [0.1, 0.15) is 0 Å². The summed E-state index contributed by atoms with van der Waals surface area (Å²) in [4.78, 5) is 47.1. The highest BCUT2D eigenvalue weighted by Gasteiger charge is 2.14. The van der Waals surface area contributed by atoms with Gasteiger partial charge in [-0.3, -0.25) is 14.4 Å². The third-order valence-corrected chi connectivity index (χ3v) is 2.63. The molecule has 0 radical (unpaired) electrons. The van der Waals surface area contributed by atoms with E-state index in [4.69, 9.17) is 4.74 Å². The molecule has 1 aromatic carbocycles. The monoisotopic (exact) mass is 321 g/mol. The summed E-state index contributed by atoms with van der Waals surface area (Å²) < 4.78 is 4.92. The smallest absolute Gasteiger partial charge is 0.338 e. The summed E-state index contributed by atoms with van der Waals surface area (Å²) in [6, 6.07) is 4.30. The van der Waals surface area contributed by atoms with E-state index in [-0.39, 0.29) is 23.3 Å². The third-order valence-electron chi connectivity index (χ3n) is 2.63. The van der Waals surface area contributed by atoms with E-state index in [1.165, 1.54) is 36.9 Å². The second-order valence-corrected chi connectivity index (χ2v) is 5.03. The van der Waals surface area contributed by atoms with Gasteiger partial charge < -0.3 is 20.3 Å². The first-order valence-electron chi connectivity index (χ1n) is 6.76. The average Bonchev–Trinajstić information content (AvgIpc) is 2.42. The van der Waals surface area contributed by atoms with Gasteiger partial charge in [0.05, 0.1) is 5.56 Å². The number of hydrogen-bond acceptors (Lipinski definition) is 5. The van der Waals surface area contributed by atoms with Crippen molar-refractivity contribution in [2.45, 2.75) is 13.8 Å². The Kier molecular flexibility index (Phi) is 6.25. The number of likely N-dealkylation sites (N-methyl/N-ethyl adjacent to an activating group) is 1. The second kappa shape index (κ2) is 7.92. The standard InChI is InChI=1S/C15H19N3O5/c1-9(19)16-12-5-11(6-13(7-12)17-10(2)20)15(22)23-8-14(21)18(3)4/h5-7H,8H2,1-4H3,(H,16,19)(H,17,20). The molecule has 0 saturated carbocycles. The van der Waals surface area contributed by atoms with Crippen LogP contribution in [-0.4, -0.2) is 49.3 Å². The first-order chi connectivity index (χ1) is 10.7. The maximum absolute atomic E-state index is 12.0. The third kappa shape index (κ3) is 6.16. The highest BCUT2D eigenvalue weighted by molar-refractivity contribution is 5.98. The predicted octanol–water partition coefficient (Wildman–Crippen LogP) is 0.848.